The molecule has 0 aromatic heterocycles. The van der Waals surface area contributed by atoms with Gasteiger partial charge in [-0.25, -0.2) is 0 Å². The standard InChI is InChI=1S/C14H16O/c1-11-7-9-13(10-8-11)14(15)12-5-3-2-4-6-12/h2-9,13-15H,10H2,1H3. The van der Waals surface area contributed by atoms with E-state index in [9.17, 15) is 5.11 Å². The van der Waals surface area contributed by atoms with Crippen LogP contribution < -0.4 is 0 Å². The molecule has 78 valence electrons. The zero-order valence-corrected chi connectivity index (χ0v) is 8.93. The minimum atomic E-state index is -0.383. The molecule has 0 aliphatic heterocycles. The van der Waals surface area contributed by atoms with Crippen molar-refractivity contribution in [1.29, 1.82) is 0 Å². The van der Waals surface area contributed by atoms with Gasteiger partial charge in [-0.1, -0.05) is 54.1 Å². The first kappa shape index (κ1) is 10.2. The molecule has 0 bridgehead atoms. The molecule has 0 saturated carbocycles. The van der Waals surface area contributed by atoms with E-state index in [-0.39, 0.29) is 12.0 Å². The highest BCUT2D eigenvalue weighted by Crippen LogP contribution is 2.29. The molecule has 0 radical (unpaired) electrons. The Labute approximate surface area is 90.8 Å². The van der Waals surface area contributed by atoms with Crippen LogP contribution in [0.25, 0.3) is 0 Å². The number of hydrogen-bond donors (Lipinski definition) is 1. The van der Waals surface area contributed by atoms with Crippen molar-refractivity contribution >= 4 is 0 Å². The van der Waals surface area contributed by atoms with Gasteiger partial charge in [0.05, 0.1) is 6.10 Å². The first-order valence-corrected chi connectivity index (χ1v) is 5.35. The quantitative estimate of drug-likeness (QED) is 0.777. The van der Waals surface area contributed by atoms with Gasteiger partial charge in [0.25, 0.3) is 0 Å². The Balaban J connectivity index is 2.10. The second-order valence-corrected chi connectivity index (χ2v) is 4.06. The van der Waals surface area contributed by atoms with E-state index < -0.39 is 0 Å². The van der Waals surface area contributed by atoms with Gasteiger partial charge in [-0.3, -0.25) is 0 Å². The van der Waals surface area contributed by atoms with Crippen molar-refractivity contribution in [2.75, 3.05) is 0 Å². The fourth-order valence-corrected chi connectivity index (χ4v) is 1.88. The lowest BCUT2D eigenvalue weighted by Gasteiger charge is -2.21. The average molecular weight is 200 g/mol. The predicted molar refractivity (Wildman–Crippen MR) is 62.4 cm³/mol. The molecule has 1 aromatic rings. The van der Waals surface area contributed by atoms with Crippen molar-refractivity contribution in [1.82, 2.24) is 0 Å². The lowest BCUT2D eigenvalue weighted by Crippen LogP contribution is -2.11. The van der Waals surface area contributed by atoms with Crippen LogP contribution in [0.5, 0.6) is 0 Å². The van der Waals surface area contributed by atoms with E-state index in [1.54, 1.807) is 0 Å². The van der Waals surface area contributed by atoms with E-state index in [0.717, 1.165) is 12.0 Å². The molecule has 2 unspecified atom stereocenters. The molecule has 0 saturated heterocycles. The van der Waals surface area contributed by atoms with Gasteiger partial charge in [0.2, 0.25) is 0 Å². The third-order valence-electron chi connectivity index (χ3n) is 2.86. The highest BCUT2D eigenvalue weighted by Gasteiger charge is 2.18. The maximum Gasteiger partial charge on any atom is 0.0855 e. The van der Waals surface area contributed by atoms with Crippen molar-refractivity contribution < 1.29 is 5.11 Å². The summed E-state index contributed by atoms with van der Waals surface area (Å²) < 4.78 is 0. The molecule has 0 spiro atoms. The Kier molecular flexibility index (Phi) is 3.02. The number of rotatable bonds is 2. The first-order valence-electron chi connectivity index (χ1n) is 5.35. The van der Waals surface area contributed by atoms with Crippen LogP contribution in [0.2, 0.25) is 0 Å². The second-order valence-electron chi connectivity index (χ2n) is 4.06. The van der Waals surface area contributed by atoms with Crippen LogP contribution in [0, 0.1) is 5.92 Å². The molecule has 0 heterocycles. The van der Waals surface area contributed by atoms with Gasteiger partial charge in [0.1, 0.15) is 0 Å². The normalized spacial score (nSPS) is 22.3. The summed E-state index contributed by atoms with van der Waals surface area (Å²) >= 11 is 0. The summed E-state index contributed by atoms with van der Waals surface area (Å²) in [5.41, 5.74) is 2.28. The molecular formula is C14H16O. The maximum atomic E-state index is 10.2. The molecule has 1 aromatic carbocycles. The Bertz CT molecular complexity index is 376. The van der Waals surface area contributed by atoms with Crippen LogP contribution in [-0.4, -0.2) is 5.11 Å². The summed E-state index contributed by atoms with van der Waals surface area (Å²) in [6, 6.07) is 9.85. The molecule has 1 heteroatoms. The van der Waals surface area contributed by atoms with E-state index in [2.05, 4.69) is 25.2 Å². The van der Waals surface area contributed by atoms with E-state index in [4.69, 9.17) is 0 Å². The molecule has 1 aliphatic carbocycles. The molecule has 15 heavy (non-hydrogen) atoms. The van der Waals surface area contributed by atoms with Crippen molar-refractivity contribution in [3.63, 3.8) is 0 Å². The van der Waals surface area contributed by atoms with Crippen LogP contribution in [0.1, 0.15) is 25.0 Å². The highest BCUT2D eigenvalue weighted by atomic mass is 16.3. The topological polar surface area (TPSA) is 20.2 Å². The molecule has 1 aliphatic rings. The molecule has 0 fully saturated rings. The summed E-state index contributed by atoms with van der Waals surface area (Å²) in [6.45, 7) is 2.08. The third-order valence-corrected chi connectivity index (χ3v) is 2.86. The van der Waals surface area contributed by atoms with Gasteiger partial charge < -0.3 is 5.11 Å². The van der Waals surface area contributed by atoms with Gasteiger partial charge in [-0.2, -0.15) is 0 Å². The smallest absolute Gasteiger partial charge is 0.0855 e. The Hall–Kier alpha value is -1.34. The minimum Gasteiger partial charge on any atom is -0.388 e. The van der Waals surface area contributed by atoms with Gasteiger partial charge in [-0.05, 0) is 18.9 Å². The van der Waals surface area contributed by atoms with Crippen LogP contribution in [0.15, 0.2) is 54.1 Å². The number of aliphatic hydroxyl groups is 1. The Morgan fingerprint density at radius 2 is 2.00 bits per heavy atom. The van der Waals surface area contributed by atoms with Crippen molar-refractivity contribution in [2.45, 2.75) is 19.4 Å². The van der Waals surface area contributed by atoms with Crippen molar-refractivity contribution in [2.24, 2.45) is 5.92 Å². The number of aliphatic hydroxyl groups excluding tert-OH is 1. The molecule has 0 amide bonds. The zero-order chi connectivity index (χ0) is 10.7. The van der Waals surface area contributed by atoms with Gasteiger partial charge >= 0.3 is 0 Å². The summed E-state index contributed by atoms with van der Waals surface area (Å²) in [4.78, 5) is 0. The van der Waals surface area contributed by atoms with Crippen LogP contribution in [0.4, 0.5) is 0 Å². The first-order chi connectivity index (χ1) is 7.27. The van der Waals surface area contributed by atoms with E-state index in [1.165, 1.54) is 5.57 Å². The largest absolute Gasteiger partial charge is 0.388 e. The molecule has 2 atom stereocenters. The molecular weight excluding hydrogens is 184 g/mol. The SMILES string of the molecule is CC1=CCC(C(O)c2ccccc2)C=C1. The Morgan fingerprint density at radius 3 is 2.60 bits per heavy atom. The molecule has 1 N–H and O–H groups in total. The van der Waals surface area contributed by atoms with E-state index in [0.29, 0.717) is 0 Å². The molecule has 1 nitrogen and oxygen atoms in total. The molecule has 2 rings (SSSR count). The number of hydrogen-bond acceptors (Lipinski definition) is 1. The van der Waals surface area contributed by atoms with Crippen molar-refractivity contribution in [3.8, 4) is 0 Å². The lowest BCUT2D eigenvalue weighted by atomic mass is 9.89. The zero-order valence-electron chi connectivity index (χ0n) is 8.93. The Morgan fingerprint density at radius 1 is 1.27 bits per heavy atom. The van der Waals surface area contributed by atoms with Gasteiger partial charge in [0, 0.05) is 5.92 Å². The van der Waals surface area contributed by atoms with E-state index >= 15 is 0 Å². The van der Waals surface area contributed by atoms with Crippen LogP contribution >= 0.6 is 0 Å². The second kappa shape index (κ2) is 4.45. The monoisotopic (exact) mass is 200 g/mol. The van der Waals surface area contributed by atoms with Gasteiger partial charge in [0.15, 0.2) is 0 Å². The van der Waals surface area contributed by atoms with Crippen LogP contribution in [0.3, 0.4) is 0 Å². The summed E-state index contributed by atoms with van der Waals surface area (Å²) in [5, 5.41) is 10.2. The average Bonchev–Trinajstić information content (AvgIpc) is 2.30. The third kappa shape index (κ3) is 2.37. The lowest BCUT2D eigenvalue weighted by molar-refractivity contribution is 0.132. The summed E-state index contributed by atoms with van der Waals surface area (Å²) in [7, 11) is 0. The van der Waals surface area contributed by atoms with Crippen molar-refractivity contribution in [3.05, 3.63) is 59.7 Å². The fourth-order valence-electron chi connectivity index (χ4n) is 1.88. The number of allylic oxidation sites excluding steroid dienone is 3. The minimum absolute atomic E-state index is 0.219. The fraction of sp³-hybridized carbons (Fsp3) is 0.286. The van der Waals surface area contributed by atoms with E-state index in [1.807, 2.05) is 30.3 Å². The number of benzene rings is 1. The van der Waals surface area contributed by atoms with Gasteiger partial charge in [-0.15, -0.1) is 0 Å². The van der Waals surface area contributed by atoms with Crippen LogP contribution in [-0.2, 0) is 0 Å². The maximum absolute atomic E-state index is 10.2. The predicted octanol–water partition coefficient (Wildman–Crippen LogP) is 3.24. The summed E-state index contributed by atoms with van der Waals surface area (Å²) in [5.74, 6) is 0.219. The summed E-state index contributed by atoms with van der Waals surface area (Å²) in [6.07, 6.45) is 6.91. The highest BCUT2D eigenvalue weighted by molar-refractivity contribution is 5.25.